The maximum absolute atomic E-state index is 11.4. The van der Waals surface area contributed by atoms with Crippen molar-refractivity contribution in [2.75, 3.05) is 13.1 Å². The molecular weight excluding hydrogens is 320 g/mol. The molecule has 0 atom stereocenters. The Hall–Kier alpha value is -1.59. The van der Waals surface area contributed by atoms with Crippen molar-refractivity contribution in [2.45, 2.75) is 90.4 Å². The van der Waals surface area contributed by atoms with Gasteiger partial charge in [0.1, 0.15) is 0 Å². The molecule has 0 spiro atoms. The van der Waals surface area contributed by atoms with Crippen LogP contribution >= 0.6 is 0 Å². The molecular formula is C19H36N2O4. The van der Waals surface area contributed by atoms with E-state index in [0.717, 1.165) is 45.1 Å². The topological polar surface area (TPSA) is 95.5 Å². The summed E-state index contributed by atoms with van der Waals surface area (Å²) in [7, 11) is 0. The average molecular weight is 357 g/mol. The van der Waals surface area contributed by atoms with E-state index in [1.54, 1.807) is 0 Å². The second-order valence-electron chi connectivity index (χ2n) is 6.53. The first-order valence-corrected chi connectivity index (χ1v) is 9.81. The van der Waals surface area contributed by atoms with Gasteiger partial charge in [0, 0.05) is 25.9 Å². The van der Waals surface area contributed by atoms with Gasteiger partial charge >= 0.3 is 5.97 Å². The van der Waals surface area contributed by atoms with Gasteiger partial charge in [-0.15, -0.1) is 0 Å². The van der Waals surface area contributed by atoms with E-state index < -0.39 is 5.97 Å². The number of aliphatic carboxylic acids is 1. The molecule has 0 rings (SSSR count). The number of nitrogens with one attached hydrogen (secondary N) is 2. The number of carbonyl (C=O) groups is 3. The van der Waals surface area contributed by atoms with Crippen LogP contribution in [0.3, 0.4) is 0 Å². The van der Waals surface area contributed by atoms with Crippen molar-refractivity contribution in [1.82, 2.24) is 10.6 Å². The van der Waals surface area contributed by atoms with Crippen molar-refractivity contribution in [3.8, 4) is 0 Å². The monoisotopic (exact) mass is 356 g/mol. The smallest absolute Gasteiger partial charge is 0.305 e. The van der Waals surface area contributed by atoms with E-state index in [4.69, 9.17) is 5.11 Å². The lowest BCUT2D eigenvalue weighted by Crippen LogP contribution is -2.25. The molecule has 0 aromatic heterocycles. The van der Waals surface area contributed by atoms with E-state index in [9.17, 15) is 14.4 Å². The third-order valence-electron chi connectivity index (χ3n) is 4.04. The van der Waals surface area contributed by atoms with Crippen LogP contribution in [0.25, 0.3) is 0 Å². The third kappa shape index (κ3) is 18.6. The quantitative estimate of drug-likeness (QED) is 0.348. The van der Waals surface area contributed by atoms with Crippen LogP contribution in [0.1, 0.15) is 90.4 Å². The zero-order valence-electron chi connectivity index (χ0n) is 15.8. The summed E-state index contributed by atoms with van der Waals surface area (Å²) in [5.74, 6) is -0.766. The van der Waals surface area contributed by atoms with Crippen molar-refractivity contribution < 1.29 is 19.5 Å². The van der Waals surface area contributed by atoms with Crippen LogP contribution in [0.5, 0.6) is 0 Å². The maximum Gasteiger partial charge on any atom is 0.305 e. The van der Waals surface area contributed by atoms with E-state index in [1.807, 2.05) is 0 Å². The minimum Gasteiger partial charge on any atom is -0.481 e. The summed E-state index contributed by atoms with van der Waals surface area (Å²) < 4.78 is 0. The zero-order valence-corrected chi connectivity index (χ0v) is 15.8. The first-order valence-electron chi connectivity index (χ1n) is 9.81. The Balaban J connectivity index is 3.22. The largest absolute Gasteiger partial charge is 0.481 e. The molecule has 2 amide bonds. The van der Waals surface area contributed by atoms with Gasteiger partial charge in [0.2, 0.25) is 11.8 Å². The molecule has 0 aliphatic rings. The fraction of sp³-hybridized carbons (Fsp3) is 0.842. The lowest BCUT2D eigenvalue weighted by Gasteiger charge is -2.05. The lowest BCUT2D eigenvalue weighted by atomic mass is 10.1. The zero-order chi connectivity index (χ0) is 18.8. The molecule has 146 valence electrons. The summed E-state index contributed by atoms with van der Waals surface area (Å²) in [6.07, 6.45) is 12.1. The second-order valence-corrected chi connectivity index (χ2v) is 6.53. The number of carboxylic acids is 1. The molecule has 6 heteroatoms. The summed E-state index contributed by atoms with van der Waals surface area (Å²) in [5, 5.41) is 14.0. The summed E-state index contributed by atoms with van der Waals surface area (Å²) in [6.45, 7) is 3.05. The standard InChI is InChI=1S/C19H36N2O4/c1-2-15-20-17(22)12-10-8-6-4-3-5-7-9-11-13-18(23)21-16-14-19(24)25/h2-16H2,1H3,(H,20,22)(H,21,23)(H,24,25). The summed E-state index contributed by atoms with van der Waals surface area (Å²) in [4.78, 5) is 33.2. The molecule has 0 bridgehead atoms. The van der Waals surface area contributed by atoms with Crippen molar-refractivity contribution in [2.24, 2.45) is 0 Å². The highest BCUT2D eigenvalue weighted by molar-refractivity contribution is 5.76. The van der Waals surface area contributed by atoms with Crippen LogP contribution in [0, 0.1) is 0 Å². The summed E-state index contributed by atoms with van der Waals surface area (Å²) >= 11 is 0. The predicted molar refractivity (Wildman–Crippen MR) is 99.4 cm³/mol. The van der Waals surface area contributed by atoms with E-state index in [2.05, 4.69) is 17.6 Å². The number of hydrogen-bond acceptors (Lipinski definition) is 3. The van der Waals surface area contributed by atoms with Crippen molar-refractivity contribution in [3.63, 3.8) is 0 Å². The summed E-state index contributed by atoms with van der Waals surface area (Å²) in [6, 6.07) is 0. The van der Waals surface area contributed by atoms with E-state index >= 15 is 0 Å². The molecule has 25 heavy (non-hydrogen) atoms. The van der Waals surface area contributed by atoms with E-state index in [0.29, 0.717) is 12.8 Å². The molecule has 0 fully saturated rings. The minimum atomic E-state index is -0.889. The molecule has 0 aliphatic carbocycles. The first kappa shape index (κ1) is 23.4. The van der Waals surface area contributed by atoms with Gasteiger partial charge < -0.3 is 15.7 Å². The highest BCUT2D eigenvalue weighted by Crippen LogP contribution is 2.11. The highest BCUT2D eigenvalue weighted by Gasteiger charge is 2.02. The molecule has 0 aromatic carbocycles. The third-order valence-corrected chi connectivity index (χ3v) is 4.04. The van der Waals surface area contributed by atoms with Crippen molar-refractivity contribution >= 4 is 17.8 Å². The van der Waals surface area contributed by atoms with Gasteiger partial charge in [0.15, 0.2) is 0 Å². The number of carbonyl (C=O) groups excluding carboxylic acids is 2. The van der Waals surface area contributed by atoms with Crippen LogP contribution in [0.4, 0.5) is 0 Å². The molecule has 0 saturated carbocycles. The minimum absolute atomic E-state index is 0.0187. The first-order chi connectivity index (χ1) is 12.1. The van der Waals surface area contributed by atoms with Crippen LogP contribution < -0.4 is 10.6 Å². The predicted octanol–water partition coefficient (Wildman–Crippen LogP) is 3.39. The highest BCUT2D eigenvalue weighted by atomic mass is 16.4. The SMILES string of the molecule is CCCNC(=O)CCCCCCCCCCCC(=O)NCCC(=O)O. The molecule has 0 aliphatic heterocycles. The maximum atomic E-state index is 11.4. The fourth-order valence-electron chi connectivity index (χ4n) is 2.56. The molecule has 3 N–H and O–H groups in total. The molecule has 0 aromatic rings. The number of hydrogen-bond donors (Lipinski definition) is 3. The Morgan fingerprint density at radius 3 is 1.44 bits per heavy atom. The lowest BCUT2D eigenvalue weighted by molar-refractivity contribution is -0.137. The van der Waals surface area contributed by atoms with Gasteiger partial charge in [-0.05, 0) is 19.3 Å². The molecule has 0 unspecified atom stereocenters. The Kier molecular flexibility index (Phi) is 16.1. The fourth-order valence-corrected chi connectivity index (χ4v) is 2.56. The number of amides is 2. The van der Waals surface area contributed by atoms with Crippen molar-refractivity contribution in [1.29, 1.82) is 0 Å². The van der Waals surface area contributed by atoms with E-state index in [-0.39, 0.29) is 24.8 Å². The normalized spacial score (nSPS) is 10.4. The average Bonchev–Trinajstić information content (AvgIpc) is 2.57. The van der Waals surface area contributed by atoms with Crippen molar-refractivity contribution in [3.05, 3.63) is 0 Å². The van der Waals surface area contributed by atoms with Crippen LogP contribution in [0.15, 0.2) is 0 Å². The van der Waals surface area contributed by atoms with Crippen LogP contribution in [0.2, 0.25) is 0 Å². The van der Waals surface area contributed by atoms with Gasteiger partial charge in [-0.3, -0.25) is 14.4 Å². The molecule has 0 saturated heterocycles. The number of unbranched alkanes of at least 4 members (excludes halogenated alkanes) is 8. The van der Waals surface area contributed by atoms with Crippen LogP contribution in [-0.4, -0.2) is 36.0 Å². The second kappa shape index (κ2) is 17.2. The van der Waals surface area contributed by atoms with E-state index in [1.165, 1.54) is 25.7 Å². The van der Waals surface area contributed by atoms with Gasteiger partial charge in [0.05, 0.1) is 6.42 Å². The number of rotatable bonds is 17. The Morgan fingerprint density at radius 1 is 0.640 bits per heavy atom. The Labute approximate surface area is 152 Å². The van der Waals surface area contributed by atoms with Gasteiger partial charge in [0.25, 0.3) is 0 Å². The van der Waals surface area contributed by atoms with Gasteiger partial charge in [-0.25, -0.2) is 0 Å². The molecule has 0 heterocycles. The summed E-state index contributed by atoms with van der Waals surface area (Å²) in [5.41, 5.74) is 0. The molecule has 6 nitrogen and oxygen atoms in total. The van der Waals surface area contributed by atoms with Crippen LogP contribution in [-0.2, 0) is 14.4 Å². The Bertz CT molecular complexity index is 372. The van der Waals surface area contributed by atoms with Gasteiger partial charge in [-0.1, -0.05) is 51.9 Å². The Morgan fingerprint density at radius 2 is 1.04 bits per heavy atom. The number of carboxylic acid groups (broad SMARTS) is 1. The molecule has 0 radical (unpaired) electrons. The van der Waals surface area contributed by atoms with Gasteiger partial charge in [-0.2, -0.15) is 0 Å².